The number of carbonyl (C=O) groups is 3. The van der Waals surface area contributed by atoms with E-state index in [0.29, 0.717) is 11.1 Å². The molecule has 1 atom stereocenters. The number of fused-ring (bicyclic) bond motifs is 3. The summed E-state index contributed by atoms with van der Waals surface area (Å²) < 4.78 is 10.8. The van der Waals surface area contributed by atoms with E-state index in [4.69, 9.17) is 9.47 Å². The first-order valence-electron chi connectivity index (χ1n) is 11.3. The van der Waals surface area contributed by atoms with Crippen LogP contribution in [0.2, 0.25) is 0 Å². The van der Waals surface area contributed by atoms with Crippen molar-refractivity contribution in [2.24, 2.45) is 0 Å². The van der Waals surface area contributed by atoms with E-state index in [1.807, 2.05) is 12.1 Å². The van der Waals surface area contributed by atoms with Crippen molar-refractivity contribution in [3.8, 4) is 16.5 Å². The summed E-state index contributed by atoms with van der Waals surface area (Å²) in [5, 5.41) is 12.4. The Morgan fingerprint density at radius 2 is 1.94 bits per heavy atom. The summed E-state index contributed by atoms with van der Waals surface area (Å²) in [4.78, 5) is 39.3. The number of esters is 2. The van der Waals surface area contributed by atoms with Gasteiger partial charge in [0.25, 0.3) is 0 Å². The topological polar surface area (TPSA) is 105 Å². The van der Waals surface area contributed by atoms with Crippen molar-refractivity contribution in [3.05, 3.63) is 57.0 Å². The third kappa shape index (κ3) is 4.78. The zero-order valence-electron chi connectivity index (χ0n) is 20.2. The Hall–Kier alpha value is -3.13. The lowest BCUT2D eigenvalue weighted by atomic mass is 9.90. The van der Waals surface area contributed by atoms with Crippen molar-refractivity contribution in [2.45, 2.75) is 43.1 Å². The molecule has 0 bridgehead atoms. The van der Waals surface area contributed by atoms with Crippen molar-refractivity contribution in [1.82, 2.24) is 0 Å². The third-order valence-corrected chi connectivity index (χ3v) is 9.65. The Bertz CT molecular complexity index is 1400. The van der Waals surface area contributed by atoms with Crippen LogP contribution >= 0.6 is 34.4 Å². The van der Waals surface area contributed by atoms with E-state index in [-0.39, 0.29) is 28.0 Å². The standard InChI is InChI=1S/C26H24N2O5S3/c1-5-33-25(31)20-13(2)19(24(30)32-4)23(35-20)28-22(29)14(3)34-26-18(12-27)17-11-10-15-8-6-7-9-16(15)21(17)36-26/h6-9,14H,5,10-11H2,1-4H3,(H,28,29). The first-order valence-corrected chi connectivity index (χ1v) is 13.8. The number of anilines is 1. The van der Waals surface area contributed by atoms with Crippen LogP contribution in [0.1, 0.15) is 56.1 Å². The largest absolute Gasteiger partial charge is 0.465 e. The molecule has 0 aliphatic heterocycles. The van der Waals surface area contributed by atoms with Crippen molar-refractivity contribution in [1.29, 1.82) is 5.26 Å². The highest BCUT2D eigenvalue weighted by Gasteiger charge is 2.30. The fourth-order valence-electron chi connectivity index (χ4n) is 4.08. The molecule has 1 aromatic carbocycles. The summed E-state index contributed by atoms with van der Waals surface area (Å²) in [6, 6.07) is 10.5. The lowest BCUT2D eigenvalue weighted by Crippen LogP contribution is -2.23. The lowest BCUT2D eigenvalue weighted by molar-refractivity contribution is -0.115. The van der Waals surface area contributed by atoms with Gasteiger partial charge in [0.05, 0.1) is 34.3 Å². The minimum absolute atomic E-state index is 0.136. The number of aryl methyl sites for hydroxylation is 1. The first-order chi connectivity index (χ1) is 17.3. The van der Waals surface area contributed by atoms with Gasteiger partial charge in [-0.2, -0.15) is 5.26 Å². The van der Waals surface area contributed by atoms with E-state index in [9.17, 15) is 19.6 Å². The van der Waals surface area contributed by atoms with Crippen LogP contribution in [0, 0.1) is 18.3 Å². The smallest absolute Gasteiger partial charge is 0.348 e. The van der Waals surface area contributed by atoms with Crippen molar-refractivity contribution in [3.63, 3.8) is 0 Å². The van der Waals surface area contributed by atoms with Crippen molar-refractivity contribution >= 4 is 57.3 Å². The molecule has 1 unspecified atom stereocenters. The molecule has 1 aliphatic rings. The van der Waals surface area contributed by atoms with Gasteiger partial charge >= 0.3 is 11.9 Å². The van der Waals surface area contributed by atoms with Crippen molar-refractivity contribution in [2.75, 3.05) is 19.0 Å². The van der Waals surface area contributed by atoms with Crippen LogP contribution in [0.4, 0.5) is 5.00 Å². The first kappa shape index (κ1) is 25.9. The molecule has 0 fully saturated rings. The van der Waals surface area contributed by atoms with Gasteiger partial charge in [-0.25, -0.2) is 9.59 Å². The van der Waals surface area contributed by atoms with Gasteiger partial charge in [-0.1, -0.05) is 24.3 Å². The van der Waals surface area contributed by atoms with E-state index >= 15 is 0 Å². The summed E-state index contributed by atoms with van der Waals surface area (Å²) in [5.41, 5.74) is 4.61. The van der Waals surface area contributed by atoms with E-state index in [2.05, 4.69) is 23.5 Å². The molecule has 2 heterocycles. The number of thioether (sulfide) groups is 1. The van der Waals surface area contributed by atoms with Crippen LogP contribution in [0.25, 0.3) is 10.4 Å². The minimum atomic E-state index is -0.647. The van der Waals surface area contributed by atoms with Gasteiger partial charge in [0, 0.05) is 4.88 Å². The van der Waals surface area contributed by atoms with Crippen molar-refractivity contribution < 1.29 is 23.9 Å². The molecule has 0 saturated heterocycles. The molecule has 186 valence electrons. The summed E-state index contributed by atoms with van der Waals surface area (Å²) >= 11 is 3.84. The Labute approximate surface area is 221 Å². The molecule has 0 radical (unpaired) electrons. The second kappa shape index (κ2) is 10.9. The number of nitrogens with zero attached hydrogens (tertiary/aromatic N) is 1. The van der Waals surface area contributed by atoms with Gasteiger partial charge in [-0.05, 0) is 55.9 Å². The molecule has 1 aliphatic carbocycles. The van der Waals surface area contributed by atoms with Crippen LogP contribution in [0.3, 0.4) is 0 Å². The number of amides is 1. The molecular formula is C26H24N2O5S3. The third-order valence-electron chi connectivity index (χ3n) is 5.88. The second-order valence-electron chi connectivity index (χ2n) is 8.06. The SMILES string of the molecule is CCOC(=O)c1sc(NC(=O)C(C)Sc2sc3c(c2C#N)CCc2ccccc2-3)c(C(=O)OC)c1C. The highest BCUT2D eigenvalue weighted by molar-refractivity contribution is 8.02. The predicted molar refractivity (Wildman–Crippen MR) is 142 cm³/mol. The second-order valence-corrected chi connectivity index (χ2v) is 11.7. The molecule has 2 aromatic heterocycles. The summed E-state index contributed by atoms with van der Waals surface area (Å²) in [7, 11) is 1.24. The number of hydrogen-bond acceptors (Lipinski definition) is 9. The summed E-state index contributed by atoms with van der Waals surface area (Å²) in [6.07, 6.45) is 1.67. The van der Waals surface area contributed by atoms with E-state index in [1.54, 1.807) is 20.8 Å². The molecule has 1 N–H and O–H groups in total. The molecule has 0 saturated carbocycles. The van der Waals surface area contributed by atoms with Gasteiger partial charge in [0.1, 0.15) is 15.9 Å². The molecule has 1 amide bonds. The predicted octanol–water partition coefficient (Wildman–Crippen LogP) is 5.84. The van der Waals surface area contributed by atoms with Crippen LogP contribution < -0.4 is 5.32 Å². The van der Waals surface area contributed by atoms with Gasteiger partial charge in [0.15, 0.2) is 0 Å². The normalized spacial score (nSPS) is 12.6. The maximum atomic E-state index is 13.2. The average molecular weight is 541 g/mol. The van der Waals surface area contributed by atoms with Crippen LogP contribution in [-0.4, -0.2) is 36.8 Å². The molecule has 10 heteroatoms. The Kier molecular flexibility index (Phi) is 7.83. The van der Waals surface area contributed by atoms with E-state index in [1.165, 1.54) is 35.8 Å². The zero-order valence-corrected chi connectivity index (χ0v) is 22.7. The molecule has 3 aromatic rings. The number of benzene rings is 1. The highest BCUT2D eigenvalue weighted by Crippen LogP contribution is 2.47. The minimum Gasteiger partial charge on any atom is -0.465 e. The van der Waals surface area contributed by atoms with Crippen LogP contribution in [0.15, 0.2) is 28.5 Å². The molecule has 7 nitrogen and oxygen atoms in total. The number of nitriles is 1. The molecule has 36 heavy (non-hydrogen) atoms. The lowest BCUT2D eigenvalue weighted by Gasteiger charge is -2.15. The summed E-state index contributed by atoms with van der Waals surface area (Å²) in [6.45, 7) is 5.25. The monoisotopic (exact) mass is 540 g/mol. The fourth-order valence-corrected chi connectivity index (χ4v) is 7.92. The molecular weight excluding hydrogens is 516 g/mol. The Morgan fingerprint density at radius 3 is 2.64 bits per heavy atom. The quantitative estimate of drug-likeness (QED) is 0.297. The number of nitrogens with one attached hydrogen (secondary N) is 1. The maximum absolute atomic E-state index is 13.2. The van der Waals surface area contributed by atoms with Gasteiger partial charge in [-0.15, -0.1) is 34.4 Å². The Balaban J connectivity index is 1.59. The maximum Gasteiger partial charge on any atom is 0.348 e. The number of methoxy groups -OCH3 is 1. The fraction of sp³-hybridized carbons (Fsp3) is 0.308. The average Bonchev–Trinajstić information content (AvgIpc) is 3.40. The number of rotatable bonds is 7. The van der Waals surface area contributed by atoms with E-state index in [0.717, 1.165) is 44.4 Å². The van der Waals surface area contributed by atoms with Crippen LogP contribution in [0.5, 0.6) is 0 Å². The summed E-state index contributed by atoms with van der Waals surface area (Å²) in [5.74, 6) is -1.56. The number of carbonyl (C=O) groups excluding carboxylic acids is 3. The number of ether oxygens (including phenoxy) is 2. The number of thiophene rings is 2. The highest BCUT2D eigenvalue weighted by atomic mass is 32.2. The van der Waals surface area contributed by atoms with E-state index < -0.39 is 17.2 Å². The van der Waals surface area contributed by atoms with Gasteiger partial charge < -0.3 is 14.8 Å². The number of hydrogen-bond donors (Lipinski definition) is 1. The van der Waals surface area contributed by atoms with Gasteiger partial charge in [-0.3, -0.25) is 4.79 Å². The molecule has 0 spiro atoms. The van der Waals surface area contributed by atoms with Crippen LogP contribution in [-0.2, 0) is 27.1 Å². The molecule has 4 rings (SSSR count). The van der Waals surface area contributed by atoms with Gasteiger partial charge in [0.2, 0.25) is 5.91 Å². The Morgan fingerprint density at radius 1 is 1.19 bits per heavy atom. The zero-order chi connectivity index (χ0) is 26.0.